The summed E-state index contributed by atoms with van der Waals surface area (Å²) >= 11 is 0. The number of hydrogen-bond acceptors (Lipinski definition) is 4. The number of guanidine groups is 1. The van der Waals surface area contributed by atoms with Crippen LogP contribution in [0.2, 0.25) is 0 Å². The molecule has 0 spiro atoms. The largest absolute Gasteiger partial charge is 0.356 e. The number of hydrogen-bond donors (Lipinski definition) is 2. The van der Waals surface area contributed by atoms with Gasteiger partial charge in [0.25, 0.3) is 5.69 Å². The summed E-state index contributed by atoms with van der Waals surface area (Å²) in [6, 6.07) is 7.26. The monoisotopic (exact) mass is 475 g/mol. The minimum atomic E-state index is -0.388. The van der Waals surface area contributed by atoms with Crippen LogP contribution in [0.4, 0.5) is 5.69 Å². The van der Waals surface area contributed by atoms with Gasteiger partial charge < -0.3 is 15.5 Å². The lowest BCUT2D eigenvalue weighted by atomic mass is 10.0. The van der Waals surface area contributed by atoms with E-state index in [0.717, 1.165) is 31.0 Å². The van der Waals surface area contributed by atoms with Gasteiger partial charge in [-0.05, 0) is 38.3 Å². The van der Waals surface area contributed by atoms with Gasteiger partial charge in [-0.15, -0.1) is 24.0 Å². The summed E-state index contributed by atoms with van der Waals surface area (Å²) in [6.07, 6.45) is 5.07. The lowest BCUT2D eigenvalue weighted by molar-refractivity contribution is -0.384. The minimum absolute atomic E-state index is 0. The molecular weight excluding hydrogens is 445 g/mol. The first-order chi connectivity index (χ1) is 12.1. The summed E-state index contributed by atoms with van der Waals surface area (Å²) in [4.78, 5) is 17.1. The second kappa shape index (κ2) is 12.1. The van der Waals surface area contributed by atoms with Gasteiger partial charge in [0.1, 0.15) is 0 Å². The molecule has 1 aromatic rings. The van der Waals surface area contributed by atoms with E-state index in [-0.39, 0.29) is 34.6 Å². The second-order valence-corrected chi connectivity index (χ2v) is 6.51. The van der Waals surface area contributed by atoms with Gasteiger partial charge in [0.05, 0.1) is 4.92 Å². The van der Waals surface area contributed by atoms with E-state index in [0.29, 0.717) is 12.6 Å². The third-order valence-electron chi connectivity index (χ3n) is 4.69. The molecule has 1 aromatic carbocycles. The van der Waals surface area contributed by atoms with Crippen LogP contribution in [0.3, 0.4) is 0 Å². The molecule has 7 nitrogen and oxygen atoms in total. The average molecular weight is 475 g/mol. The zero-order valence-electron chi connectivity index (χ0n) is 15.6. The van der Waals surface area contributed by atoms with E-state index in [9.17, 15) is 10.1 Å². The Bertz CT molecular complexity index is 579. The molecule has 1 aliphatic rings. The van der Waals surface area contributed by atoms with Crippen molar-refractivity contribution in [3.05, 3.63) is 39.9 Å². The van der Waals surface area contributed by atoms with Crippen LogP contribution in [0, 0.1) is 10.1 Å². The Balaban J connectivity index is 0.00000338. The molecule has 0 bridgehead atoms. The lowest BCUT2D eigenvalue weighted by Gasteiger charge is -2.33. The molecule has 2 N–H and O–H groups in total. The van der Waals surface area contributed by atoms with Crippen molar-refractivity contribution in [2.24, 2.45) is 4.99 Å². The van der Waals surface area contributed by atoms with Crippen molar-refractivity contribution in [1.29, 1.82) is 0 Å². The highest BCUT2D eigenvalue weighted by atomic mass is 127. The smallest absolute Gasteiger partial charge is 0.269 e. The van der Waals surface area contributed by atoms with Crippen LogP contribution in [0.5, 0.6) is 0 Å². The average Bonchev–Trinajstić information content (AvgIpc) is 2.63. The number of halogens is 1. The Morgan fingerprint density at radius 2 is 2.04 bits per heavy atom. The summed E-state index contributed by atoms with van der Waals surface area (Å²) in [6.45, 7) is 6.11. The number of non-ortho nitro benzene ring substituents is 1. The Kier molecular flexibility index (Phi) is 10.5. The van der Waals surface area contributed by atoms with Crippen molar-refractivity contribution >= 4 is 35.6 Å². The molecule has 146 valence electrons. The number of nitrogens with zero attached hydrogens (tertiary/aromatic N) is 3. The maximum absolute atomic E-state index is 10.7. The first-order valence-electron chi connectivity index (χ1n) is 9.02. The number of likely N-dealkylation sites (tertiary alicyclic amines) is 1. The Morgan fingerprint density at radius 1 is 1.31 bits per heavy atom. The molecule has 0 radical (unpaired) electrons. The first-order valence-corrected chi connectivity index (χ1v) is 9.02. The lowest BCUT2D eigenvalue weighted by Crippen LogP contribution is -2.41. The van der Waals surface area contributed by atoms with Crippen LogP contribution in [0.1, 0.15) is 38.2 Å². The fourth-order valence-electron chi connectivity index (χ4n) is 3.12. The highest BCUT2D eigenvalue weighted by Gasteiger charge is 2.17. The molecule has 0 aromatic heterocycles. The first kappa shape index (κ1) is 22.6. The Hall–Kier alpha value is -1.42. The molecule has 1 saturated heterocycles. The molecule has 1 heterocycles. The highest BCUT2D eigenvalue weighted by Crippen LogP contribution is 2.16. The fourth-order valence-corrected chi connectivity index (χ4v) is 3.12. The van der Waals surface area contributed by atoms with E-state index < -0.39 is 0 Å². The maximum Gasteiger partial charge on any atom is 0.269 e. The predicted molar refractivity (Wildman–Crippen MR) is 116 cm³/mol. The van der Waals surface area contributed by atoms with Crippen molar-refractivity contribution in [2.75, 3.05) is 26.7 Å². The number of piperidine rings is 1. The van der Waals surface area contributed by atoms with Crippen LogP contribution < -0.4 is 10.6 Å². The van der Waals surface area contributed by atoms with Crippen LogP contribution in [0.25, 0.3) is 0 Å². The standard InChI is InChI=1S/C18H29N5O2.HI/c1-15-6-3-4-12-22(15)13-5-11-20-18(19-2)21-14-16-7-9-17(10-8-16)23(24)25;/h7-10,15H,3-6,11-14H2,1-2H3,(H2,19,20,21);1H. The second-order valence-electron chi connectivity index (χ2n) is 6.51. The molecule has 1 atom stereocenters. The summed E-state index contributed by atoms with van der Waals surface area (Å²) in [7, 11) is 1.75. The summed E-state index contributed by atoms with van der Waals surface area (Å²) in [5.74, 6) is 0.755. The zero-order chi connectivity index (χ0) is 18.1. The van der Waals surface area contributed by atoms with Crippen molar-refractivity contribution in [2.45, 2.75) is 45.2 Å². The third-order valence-corrected chi connectivity index (χ3v) is 4.69. The van der Waals surface area contributed by atoms with Gasteiger partial charge in [0.15, 0.2) is 5.96 Å². The fraction of sp³-hybridized carbons (Fsp3) is 0.611. The zero-order valence-corrected chi connectivity index (χ0v) is 17.9. The normalized spacial score (nSPS) is 18.1. The van der Waals surface area contributed by atoms with Gasteiger partial charge in [0, 0.05) is 44.9 Å². The molecule has 1 fully saturated rings. The van der Waals surface area contributed by atoms with Gasteiger partial charge in [0.2, 0.25) is 0 Å². The Labute approximate surface area is 172 Å². The molecule has 0 saturated carbocycles. The van der Waals surface area contributed by atoms with Crippen molar-refractivity contribution in [3.63, 3.8) is 0 Å². The predicted octanol–water partition coefficient (Wildman–Crippen LogP) is 3.14. The topological polar surface area (TPSA) is 82.8 Å². The van der Waals surface area contributed by atoms with E-state index >= 15 is 0 Å². The SMILES string of the molecule is CN=C(NCCCN1CCCCC1C)NCc1ccc([N+](=O)[O-])cc1.I. The van der Waals surface area contributed by atoms with E-state index in [2.05, 4.69) is 27.4 Å². The van der Waals surface area contributed by atoms with Gasteiger partial charge in [-0.3, -0.25) is 15.1 Å². The van der Waals surface area contributed by atoms with Gasteiger partial charge in [-0.1, -0.05) is 18.6 Å². The number of benzene rings is 1. The summed E-state index contributed by atoms with van der Waals surface area (Å²) in [5, 5.41) is 17.2. The number of nitro benzene ring substituents is 1. The van der Waals surface area contributed by atoms with Gasteiger partial charge in [-0.25, -0.2) is 0 Å². The number of nitrogens with one attached hydrogen (secondary N) is 2. The van der Waals surface area contributed by atoms with Gasteiger partial charge in [-0.2, -0.15) is 0 Å². The maximum atomic E-state index is 10.7. The molecule has 0 amide bonds. The van der Waals surface area contributed by atoms with Crippen molar-refractivity contribution < 1.29 is 4.92 Å². The van der Waals surface area contributed by atoms with E-state index in [1.807, 2.05) is 0 Å². The molecule has 26 heavy (non-hydrogen) atoms. The van der Waals surface area contributed by atoms with Crippen LogP contribution in [-0.4, -0.2) is 48.5 Å². The molecule has 8 heteroatoms. The molecule has 1 unspecified atom stereocenters. The highest BCUT2D eigenvalue weighted by molar-refractivity contribution is 14.0. The van der Waals surface area contributed by atoms with E-state index in [1.54, 1.807) is 19.2 Å². The number of aliphatic imine (C=N–C) groups is 1. The van der Waals surface area contributed by atoms with E-state index in [4.69, 9.17) is 0 Å². The van der Waals surface area contributed by atoms with Crippen LogP contribution in [0.15, 0.2) is 29.3 Å². The molecule has 1 aliphatic heterocycles. The Morgan fingerprint density at radius 3 is 2.65 bits per heavy atom. The molecule has 0 aliphatic carbocycles. The summed E-state index contributed by atoms with van der Waals surface area (Å²) < 4.78 is 0. The third kappa shape index (κ3) is 7.45. The van der Waals surface area contributed by atoms with Crippen LogP contribution in [-0.2, 0) is 6.54 Å². The van der Waals surface area contributed by atoms with Crippen LogP contribution >= 0.6 is 24.0 Å². The van der Waals surface area contributed by atoms with Crippen molar-refractivity contribution in [3.8, 4) is 0 Å². The molecular formula is C18H30IN5O2. The minimum Gasteiger partial charge on any atom is -0.356 e. The van der Waals surface area contributed by atoms with Crippen molar-refractivity contribution in [1.82, 2.24) is 15.5 Å². The van der Waals surface area contributed by atoms with Gasteiger partial charge >= 0.3 is 0 Å². The number of rotatable bonds is 7. The number of nitro groups is 1. The van der Waals surface area contributed by atoms with E-state index in [1.165, 1.54) is 37.9 Å². The molecule has 2 rings (SSSR count). The summed E-state index contributed by atoms with van der Waals surface area (Å²) in [5.41, 5.74) is 1.09. The quantitative estimate of drug-likeness (QED) is 0.158.